The molecule has 0 aromatic carbocycles. The fraction of sp³-hybridized carbons (Fsp3) is 0.789. The molecule has 3 fully saturated rings. The molecule has 5 nitrogen and oxygen atoms in total. The second-order valence-electron chi connectivity index (χ2n) is 7.51. The van der Waals surface area contributed by atoms with E-state index >= 15 is 0 Å². The molecule has 3 rings (SSSR count). The van der Waals surface area contributed by atoms with E-state index in [2.05, 4.69) is 10.3 Å². The number of ether oxygens (including phenoxy) is 1. The number of nitrogens with one attached hydrogen (secondary N) is 1. The highest BCUT2D eigenvalue weighted by atomic mass is 16.5. The fourth-order valence-corrected chi connectivity index (χ4v) is 3.96. The smallest absolute Gasteiger partial charge is 0.311 e. The Hall–Kier alpha value is -1.20. The van der Waals surface area contributed by atoms with E-state index in [9.17, 15) is 9.90 Å². The number of hydrogen-bond donors (Lipinski definition) is 2. The minimum Gasteiger partial charge on any atom is -0.469 e. The largest absolute Gasteiger partial charge is 0.469 e. The molecule has 1 unspecified atom stereocenters. The molecule has 3 aliphatic carbocycles. The highest BCUT2D eigenvalue weighted by Crippen LogP contribution is 2.52. The predicted molar refractivity (Wildman–Crippen MR) is 96.3 cm³/mol. The van der Waals surface area contributed by atoms with Crippen LogP contribution in [0.2, 0.25) is 0 Å². The zero-order valence-electron chi connectivity index (χ0n) is 15.5. The van der Waals surface area contributed by atoms with E-state index in [-0.39, 0.29) is 23.0 Å². The van der Waals surface area contributed by atoms with Crippen molar-refractivity contribution in [2.75, 3.05) is 13.7 Å². The average Bonchev–Trinajstić information content (AvgIpc) is 2.60. The Morgan fingerprint density at radius 3 is 2.29 bits per heavy atom. The van der Waals surface area contributed by atoms with Crippen LogP contribution in [0.3, 0.4) is 0 Å². The summed E-state index contributed by atoms with van der Waals surface area (Å²) >= 11 is 0. The van der Waals surface area contributed by atoms with E-state index in [1.54, 1.807) is 6.92 Å². The van der Waals surface area contributed by atoms with Gasteiger partial charge in [0.1, 0.15) is 0 Å². The van der Waals surface area contributed by atoms with Crippen LogP contribution in [0.25, 0.3) is 0 Å². The quantitative estimate of drug-likeness (QED) is 0.554. The number of rotatable bonds is 7. The molecule has 5 heteroatoms. The van der Waals surface area contributed by atoms with Crippen LogP contribution in [0.4, 0.5) is 0 Å². The van der Waals surface area contributed by atoms with Gasteiger partial charge in [0, 0.05) is 17.8 Å². The molecule has 0 aromatic rings. The van der Waals surface area contributed by atoms with Gasteiger partial charge < -0.3 is 15.2 Å². The number of nitrogens with zero attached hydrogens (tertiary/aromatic N) is 1. The SMILES string of the molecule is C/C=C\C(CNC12CCC(C(=O)OC)(CC1)CC2)=N[C@H](C)C(C)O. The summed E-state index contributed by atoms with van der Waals surface area (Å²) < 4.78 is 5.03. The summed E-state index contributed by atoms with van der Waals surface area (Å²) in [7, 11) is 1.49. The van der Waals surface area contributed by atoms with Crippen molar-refractivity contribution in [3.8, 4) is 0 Å². The Morgan fingerprint density at radius 2 is 1.83 bits per heavy atom. The Bertz CT molecular complexity index is 486. The number of hydrogen-bond acceptors (Lipinski definition) is 5. The van der Waals surface area contributed by atoms with Crippen molar-refractivity contribution < 1.29 is 14.6 Å². The molecule has 0 radical (unpaired) electrons. The maximum atomic E-state index is 12.1. The number of carbonyl (C=O) groups is 1. The molecule has 3 aliphatic rings. The highest BCUT2D eigenvalue weighted by molar-refractivity contribution is 5.96. The van der Waals surface area contributed by atoms with Gasteiger partial charge in [-0.05, 0) is 65.4 Å². The number of aliphatic hydroxyl groups is 1. The number of aliphatic imine (C=N–C) groups is 1. The van der Waals surface area contributed by atoms with Gasteiger partial charge in [0.05, 0.1) is 24.7 Å². The molecule has 0 amide bonds. The number of allylic oxidation sites excluding steroid dienone is 1. The lowest BCUT2D eigenvalue weighted by molar-refractivity contribution is -0.160. The second-order valence-corrected chi connectivity index (χ2v) is 7.51. The summed E-state index contributed by atoms with van der Waals surface area (Å²) in [4.78, 5) is 16.7. The zero-order chi connectivity index (χ0) is 17.8. The van der Waals surface area contributed by atoms with Gasteiger partial charge in [-0.3, -0.25) is 9.79 Å². The van der Waals surface area contributed by atoms with Crippen LogP contribution in [-0.2, 0) is 9.53 Å². The fourth-order valence-electron chi connectivity index (χ4n) is 3.96. The average molecular weight is 336 g/mol. The van der Waals surface area contributed by atoms with E-state index in [0.717, 1.165) is 44.2 Å². The van der Waals surface area contributed by atoms with E-state index in [1.807, 2.05) is 26.0 Å². The first-order valence-corrected chi connectivity index (χ1v) is 9.07. The maximum absolute atomic E-state index is 12.1. The van der Waals surface area contributed by atoms with E-state index < -0.39 is 6.10 Å². The van der Waals surface area contributed by atoms with Crippen molar-refractivity contribution in [3.05, 3.63) is 12.2 Å². The summed E-state index contributed by atoms with van der Waals surface area (Å²) in [5.41, 5.74) is 0.849. The Labute approximate surface area is 145 Å². The van der Waals surface area contributed by atoms with Crippen LogP contribution in [0.5, 0.6) is 0 Å². The molecule has 2 atom stereocenters. The maximum Gasteiger partial charge on any atom is 0.311 e. The van der Waals surface area contributed by atoms with Crippen molar-refractivity contribution in [2.24, 2.45) is 10.4 Å². The van der Waals surface area contributed by atoms with Gasteiger partial charge in [-0.25, -0.2) is 0 Å². The lowest BCUT2D eigenvalue weighted by Crippen LogP contribution is -2.57. The Balaban J connectivity index is 1.98. The van der Waals surface area contributed by atoms with Gasteiger partial charge >= 0.3 is 5.97 Å². The minimum absolute atomic E-state index is 0.0299. The van der Waals surface area contributed by atoms with Gasteiger partial charge in [-0.15, -0.1) is 0 Å². The van der Waals surface area contributed by atoms with Crippen molar-refractivity contribution in [1.29, 1.82) is 0 Å². The van der Waals surface area contributed by atoms with Gasteiger partial charge in [-0.1, -0.05) is 6.08 Å². The lowest BCUT2D eigenvalue weighted by Gasteiger charge is -2.52. The third-order valence-corrected chi connectivity index (χ3v) is 5.94. The Morgan fingerprint density at radius 1 is 1.25 bits per heavy atom. The number of methoxy groups -OCH3 is 1. The molecule has 0 aliphatic heterocycles. The molecular weight excluding hydrogens is 304 g/mol. The first-order chi connectivity index (χ1) is 11.4. The number of esters is 1. The Kier molecular flexibility index (Phi) is 6.21. The molecule has 0 spiro atoms. The number of carbonyl (C=O) groups excluding carboxylic acids is 1. The third kappa shape index (κ3) is 4.06. The molecule has 24 heavy (non-hydrogen) atoms. The van der Waals surface area contributed by atoms with E-state index in [1.165, 1.54) is 7.11 Å². The van der Waals surface area contributed by atoms with Crippen LogP contribution in [0, 0.1) is 5.41 Å². The van der Waals surface area contributed by atoms with Gasteiger partial charge in [0.2, 0.25) is 0 Å². The normalized spacial score (nSPS) is 32.8. The molecule has 136 valence electrons. The van der Waals surface area contributed by atoms with E-state index in [0.29, 0.717) is 6.54 Å². The van der Waals surface area contributed by atoms with Gasteiger partial charge in [0.15, 0.2) is 0 Å². The third-order valence-electron chi connectivity index (χ3n) is 5.94. The summed E-state index contributed by atoms with van der Waals surface area (Å²) in [5, 5.41) is 13.4. The minimum atomic E-state index is -0.451. The van der Waals surface area contributed by atoms with Crippen molar-refractivity contribution in [2.45, 2.75) is 77.0 Å². The van der Waals surface area contributed by atoms with Crippen LogP contribution in [0.1, 0.15) is 59.3 Å². The predicted octanol–water partition coefficient (Wildman–Crippen LogP) is 2.63. The number of fused-ring (bicyclic) bond motifs is 3. The summed E-state index contributed by atoms with van der Waals surface area (Å²) in [6.45, 7) is 6.38. The highest BCUT2D eigenvalue weighted by Gasteiger charge is 2.52. The molecule has 3 saturated carbocycles. The monoisotopic (exact) mass is 336 g/mol. The van der Waals surface area contributed by atoms with Crippen LogP contribution in [0.15, 0.2) is 17.1 Å². The topological polar surface area (TPSA) is 70.9 Å². The molecule has 2 N–H and O–H groups in total. The summed E-state index contributed by atoms with van der Waals surface area (Å²) in [6.07, 6.45) is 9.30. The summed E-state index contributed by atoms with van der Waals surface area (Å²) in [5.74, 6) is -0.0299. The van der Waals surface area contributed by atoms with Crippen LogP contribution in [-0.4, -0.2) is 48.1 Å². The zero-order valence-corrected chi connectivity index (χ0v) is 15.5. The van der Waals surface area contributed by atoms with E-state index in [4.69, 9.17) is 4.74 Å². The second kappa shape index (κ2) is 7.79. The van der Waals surface area contributed by atoms with Gasteiger partial charge in [-0.2, -0.15) is 0 Å². The molecular formula is C19H32N2O3. The first kappa shape index (κ1) is 19.1. The van der Waals surface area contributed by atoms with Crippen molar-refractivity contribution >= 4 is 11.7 Å². The molecule has 0 saturated heterocycles. The van der Waals surface area contributed by atoms with Crippen molar-refractivity contribution in [3.63, 3.8) is 0 Å². The lowest BCUT2D eigenvalue weighted by atomic mass is 9.57. The first-order valence-electron chi connectivity index (χ1n) is 9.07. The standard InChI is InChI=1S/C19H32N2O3/c1-5-6-16(21-14(2)15(3)22)13-20-19-10-7-18(8-11-19,9-12-19)17(23)24-4/h5-6,14-15,20,22H,7-13H2,1-4H3/b6-5-,21-16?/t14-,15?,18?,19?/m1/s1. The summed E-state index contributed by atoms with van der Waals surface area (Å²) in [6, 6.07) is -0.111. The van der Waals surface area contributed by atoms with Crippen LogP contribution >= 0.6 is 0 Å². The van der Waals surface area contributed by atoms with Crippen LogP contribution < -0.4 is 5.32 Å². The molecule has 0 aromatic heterocycles. The number of aliphatic hydroxyl groups excluding tert-OH is 1. The molecule has 0 heterocycles. The van der Waals surface area contributed by atoms with Gasteiger partial charge in [0.25, 0.3) is 0 Å². The van der Waals surface area contributed by atoms with Crippen molar-refractivity contribution in [1.82, 2.24) is 5.32 Å². The molecule has 2 bridgehead atoms.